The number of hydrogen-bond donors (Lipinski definition) is 2. The molecule has 2 N–H and O–H groups in total. The second-order valence-corrected chi connectivity index (χ2v) is 5.43. The van der Waals surface area contributed by atoms with E-state index in [4.69, 9.17) is 11.6 Å². The van der Waals surface area contributed by atoms with Crippen LogP contribution in [0.15, 0.2) is 30.3 Å². The van der Waals surface area contributed by atoms with Gasteiger partial charge in [-0.2, -0.15) is 5.10 Å². The quantitative estimate of drug-likeness (QED) is 0.889. The minimum atomic E-state index is -0.151. The van der Waals surface area contributed by atoms with Gasteiger partial charge in [-0.15, -0.1) is 0 Å². The number of aromatic nitrogens is 2. The van der Waals surface area contributed by atoms with Crippen LogP contribution in [0.5, 0.6) is 0 Å². The van der Waals surface area contributed by atoms with Crippen molar-refractivity contribution in [3.8, 4) is 0 Å². The number of rotatable bonds is 5. The van der Waals surface area contributed by atoms with Gasteiger partial charge in [0, 0.05) is 17.3 Å². The first-order valence-electron chi connectivity index (χ1n) is 6.64. The lowest BCUT2D eigenvalue weighted by atomic mass is 10.1. The number of carbonyl (C=O) groups excluding carboxylic acids is 1. The molecule has 0 aliphatic rings. The maximum absolute atomic E-state index is 11.9. The van der Waals surface area contributed by atoms with E-state index >= 15 is 0 Å². The van der Waals surface area contributed by atoms with E-state index in [1.54, 1.807) is 6.07 Å². The number of carbonyl (C=O) groups is 1. The average Bonchev–Trinajstić information content (AvgIpc) is 2.91. The Labute approximate surface area is 123 Å². The van der Waals surface area contributed by atoms with Crippen molar-refractivity contribution in [3.63, 3.8) is 0 Å². The molecular formula is C15H18ClN3O. The van der Waals surface area contributed by atoms with Crippen molar-refractivity contribution in [2.24, 2.45) is 0 Å². The molecule has 0 bridgehead atoms. The zero-order chi connectivity index (χ0) is 14.5. The summed E-state index contributed by atoms with van der Waals surface area (Å²) in [6, 6.07) is 9.41. The first-order valence-corrected chi connectivity index (χ1v) is 7.02. The highest BCUT2D eigenvalue weighted by atomic mass is 35.5. The molecule has 1 amide bonds. The molecule has 1 heterocycles. The van der Waals surface area contributed by atoms with Gasteiger partial charge in [-0.25, -0.2) is 0 Å². The minimum Gasteiger partial charge on any atom is -0.350 e. The first kappa shape index (κ1) is 14.6. The van der Waals surface area contributed by atoms with Crippen LogP contribution in [0.4, 0.5) is 0 Å². The fourth-order valence-corrected chi connectivity index (χ4v) is 1.94. The monoisotopic (exact) mass is 291 g/mol. The molecule has 0 aliphatic carbocycles. The Hall–Kier alpha value is -1.81. The Bertz CT molecular complexity index is 575. The van der Waals surface area contributed by atoms with E-state index in [1.165, 1.54) is 0 Å². The lowest BCUT2D eigenvalue weighted by molar-refractivity contribution is 0.0949. The number of benzene rings is 1. The van der Waals surface area contributed by atoms with Crippen LogP contribution in [0, 0.1) is 0 Å². The first-order chi connectivity index (χ1) is 9.56. The van der Waals surface area contributed by atoms with Crippen LogP contribution in [0.25, 0.3) is 0 Å². The van der Waals surface area contributed by atoms with Gasteiger partial charge in [0.15, 0.2) is 0 Å². The predicted octanol–water partition coefficient (Wildman–Crippen LogP) is 3.16. The maximum Gasteiger partial charge on any atom is 0.271 e. The zero-order valence-corrected chi connectivity index (χ0v) is 12.4. The summed E-state index contributed by atoms with van der Waals surface area (Å²) in [7, 11) is 0. The van der Waals surface area contributed by atoms with Crippen molar-refractivity contribution in [2.75, 3.05) is 6.54 Å². The van der Waals surface area contributed by atoms with Crippen molar-refractivity contribution < 1.29 is 4.79 Å². The third-order valence-corrected chi connectivity index (χ3v) is 3.32. The second kappa shape index (κ2) is 6.57. The van der Waals surface area contributed by atoms with E-state index in [1.807, 2.05) is 24.3 Å². The van der Waals surface area contributed by atoms with Crippen LogP contribution in [0.1, 0.15) is 41.5 Å². The van der Waals surface area contributed by atoms with E-state index in [0.29, 0.717) is 18.2 Å². The Balaban J connectivity index is 1.84. The Morgan fingerprint density at radius 3 is 2.65 bits per heavy atom. The lowest BCUT2D eigenvalue weighted by Crippen LogP contribution is -2.26. The number of aromatic amines is 1. The Kier molecular flexibility index (Phi) is 4.79. The van der Waals surface area contributed by atoms with E-state index in [-0.39, 0.29) is 5.91 Å². The van der Waals surface area contributed by atoms with E-state index in [0.717, 1.165) is 22.7 Å². The lowest BCUT2D eigenvalue weighted by Gasteiger charge is -2.03. The molecule has 0 radical (unpaired) electrons. The fraction of sp³-hybridized carbons (Fsp3) is 0.333. The molecular weight excluding hydrogens is 274 g/mol. The number of hydrogen-bond acceptors (Lipinski definition) is 2. The topological polar surface area (TPSA) is 57.8 Å². The largest absolute Gasteiger partial charge is 0.350 e. The second-order valence-electron chi connectivity index (χ2n) is 5.00. The van der Waals surface area contributed by atoms with Gasteiger partial charge in [0.1, 0.15) is 5.69 Å². The molecule has 20 heavy (non-hydrogen) atoms. The molecule has 1 aromatic heterocycles. The maximum atomic E-state index is 11.9. The molecule has 0 atom stereocenters. The summed E-state index contributed by atoms with van der Waals surface area (Å²) in [5.74, 6) is 0.181. The smallest absolute Gasteiger partial charge is 0.271 e. The van der Waals surface area contributed by atoms with Gasteiger partial charge in [-0.1, -0.05) is 37.6 Å². The van der Waals surface area contributed by atoms with Crippen LogP contribution in [-0.4, -0.2) is 22.6 Å². The highest BCUT2D eigenvalue weighted by Crippen LogP contribution is 2.12. The third kappa shape index (κ3) is 3.84. The zero-order valence-electron chi connectivity index (χ0n) is 11.6. The Morgan fingerprint density at radius 1 is 1.35 bits per heavy atom. The SMILES string of the molecule is CC(C)c1cc(C(=O)NCCc2ccc(Cl)cc2)n[nH]1. The number of halogens is 1. The molecule has 5 heteroatoms. The average molecular weight is 292 g/mol. The van der Waals surface area contributed by atoms with E-state index in [9.17, 15) is 4.79 Å². The molecule has 0 saturated heterocycles. The fourth-order valence-electron chi connectivity index (χ4n) is 1.81. The molecule has 4 nitrogen and oxygen atoms in total. The van der Waals surface area contributed by atoms with Crippen LogP contribution in [0.2, 0.25) is 5.02 Å². The molecule has 0 spiro atoms. The van der Waals surface area contributed by atoms with Gasteiger partial charge in [-0.3, -0.25) is 9.89 Å². The summed E-state index contributed by atoms with van der Waals surface area (Å²) in [5, 5.41) is 10.5. The van der Waals surface area contributed by atoms with Gasteiger partial charge < -0.3 is 5.32 Å². The molecule has 106 valence electrons. The van der Waals surface area contributed by atoms with Gasteiger partial charge in [0.05, 0.1) is 0 Å². The molecule has 0 aliphatic heterocycles. The van der Waals surface area contributed by atoms with E-state index < -0.39 is 0 Å². The van der Waals surface area contributed by atoms with Crippen LogP contribution in [-0.2, 0) is 6.42 Å². The summed E-state index contributed by atoms with van der Waals surface area (Å²) in [5.41, 5.74) is 2.54. The summed E-state index contributed by atoms with van der Waals surface area (Å²) in [6.07, 6.45) is 0.768. The van der Waals surface area contributed by atoms with Crippen molar-refractivity contribution in [1.29, 1.82) is 0 Å². The molecule has 0 saturated carbocycles. The van der Waals surface area contributed by atoms with Crippen molar-refractivity contribution in [2.45, 2.75) is 26.2 Å². The summed E-state index contributed by atoms with van der Waals surface area (Å²) >= 11 is 5.82. The van der Waals surface area contributed by atoms with Crippen LogP contribution < -0.4 is 5.32 Å². The number of amides is 1. The van der Waals surface area contributed by atoms with Crippen molar-refractivity contribution >= 4 is 17.5 Å². The molecule has 0 fully saturated rings. The minimum absolute atomic E-state index is 0.151. The predicted molar refractivity (Wildman–Crippen MR) is 80.2 cm³/mol. The van der Waals surface area contributed by atoms with Crippen molar-refractivity contribution in [1.82, 2.24) is 15.5 Å². The molecule has 0 unspecified atom stereocenters. The number of H-pyrrole nitrogens is 1. The summed E-state index contributed by atoms with van der Waals surface area (Å²) in [4.78, 5) is 11.9. The van der Waals surface area contributed by atoms with Gasteiger partial charge >= 0.3 is 0 Å². The van der Waals surface area contributed by atoms with Gasteiger partial charge in [0.25, 0.3) is 5.91 Å². The van der Waals surface area contributed by atoms with Crippen molar-refractivity contribution in [3.05, 3.63) is 52.3 Å². The molecule has 2 rings (SSSR count). The Morgan fingerprint density at radius 2 is 2.05 bits per heavy atom. The standard InChI is InChI=1S/C15H18ClN3O/c1-10(2)13-9-14(19-18-13)15(20)17-8-7-11-3-5-12(16)6-4-11/h3-6,9-10H,7-8H2,1-2H3,(H,17,20)(H,18,19). The third-order valence-electron chi connectivity index (χ3n) is 3.06. The molecule has 1 aromatic carbocycles. The number of nitrogens with zero attached hydrogens (tertiary/aromatic N) is 1. The van der Waals surface area contributed by atoms with Gasteiger partial charge in [0.2, 0.25) is 0 Å². The summed E-state index contributed by atoms with van der Waals surface area (Å²) < 4.78 is 0. The number of nitrogens with one attached hydrogen (secondary N) is 2. The van der Waals surface area contributed by atoms with Crippen LogP contribution >= 0.6 is 11.6 Å². The summed E-state index contributed by atoms with van der Waals surface area (Å²) in [6.45, 7) is 4.68. The molecule has 2 aromatic rings. The normalized spacial score (nSPS) is 10.8. The van der Waals surface area contributed by atoms with E-state index in [2.05, 4.69) is 29.4 Å². The van der Waals surface area contributed by atoms with Crippen LogP contribution in [0.3, 0.4) is 0 Å². The highest BCUT2D eigenvalue weighted by Gasteiger charge is 2.11. The van der Waals surface area contributed by atoms with Gasteiger partial charge in [-0.05, 0) is 36.1 Å². The highest BCUT2D eigenvalue weighted by molar-refractivity contribution is 6.30.